The molecule has 6 nitrogen and oxygen atoms in total. The lowest BCUT2D eigenvalue weighted by Gasteiger charge is -2.15. The van der Waals surface area contributed by atoms with E-state index in [4.69, 9.17) is 0 Å². The Kier molecular flexibility index (Phi) is 5.00. The molecule has 4 aromatic rings. The first-order chi connectivity index (χ1) is 13.9. The summed E-state index contributed by atoms with van der Waals surface area (Å²) in [4.78, 5) is 25.6. The fourth-order valence-corrected chi connectivity index (χ4v) is 4.18. The fourth-order valence-electron chi connectivity index (χ4n) is 3.08. The van der Waals surface area contributed by atoms with Gasteiger partial charge in [-0.2, -0.15) is 0 Å². The molecule has 2 aromatic carbocycles. The maximum Gasteiger partial charge on any atom is 0.263 e. The molecular weight excluding hydrogens is 384 g/mol. The average molecular weight is 407 g/mol. The smallest absolute Gasteiger partial charge is 0.263 e. The van der Waals surface area contributed by atoms with Crippen molar-refractivity contribution in [2.45, 2.75) is 32.5 Å². The fraction of sp³-hybridized carbons (Fsp3) is 0.273. The van der Waals surface area contributed by atoms with E-state index in [1.54, 1.807) is 4.57 Å². The topological polar surface area (TPSA) is 69.3 Å². The maximum atomic E-state index is 13.2. The maximum absolute atomic E-state index is 13.2. The van der Waals surface area contributed by atoms with E-state index in [0.29, 0.717) is 28.6 Å². The lowest BCUT2D eigenvalue weighted by Crippen LogP contribution is -2.24. The van der Waals surface area contributed by atoms with Crippen LogP contribution in [0.4, 0.5) is 0 Å². The van der Waals surface area contributed by atoms with Gasteiger partial charge in [0.2, 0.25) is 5.78 Å². The van der Waals surface area contributed by atoms with Crippen molar-refractivity contribution in [1.82, 2.24) is 19.2 Å². The van der Waals surface area contributed by atoms with Gasteiger partial charge in [0, 0.05) is 5.41 Å². The summed E-state index contributed by atoms with van der Waals surface area (Å²) >= 11 is 1.35. The molecule has 0 saturated heterocycles. The standard InChI is InChI=1S/C22H22N4O2S/c1-22(2,3)18(27)14-29-21-24-23-20-25(13-15-9-5-4-6-10-15)19(28)16-11-7-8-12-17(16)26(20)21/h4-12H,13-14H2,1-3H3. The highest BCUT2D eigenvalue weighted by Gasteiger charge is 2.23. The van der Waals surface area contributed by atoms with E-state index < -0.39 is 5.41 Å². The number of ketones is 1. The number of Topliss-reactive ketones (excluding diaryl/α,β-unsaturated/α-hetero) is 1. The molecule has 148 valence electrons. The van der Waals surface area contributed by atoms with E-state index in [1.807, 2.05) is 79.8 Å². The number of hydrogen-bond acceptors (Lipinski definition) is 5. The number of rotatable bonds is 5. The first-order valence-electron chi connectivity index (χ1n) is 9.43. The van der Waals surface area contributed by atoms with Gasteiger partial charge in [0.25, 0.3) is 5.56 Å². The molecule has 0 aliphatic heterocycles. The largest absolute Gasteiger partial charge is 0.298 e. The molecular formula is C22H22N4O2S. The molecule has 0 amide bonds. The Morgan fingerprint density at radius 1 is 1.00 bits per heavy atom. The van der Waals surface area contributed by atoms with Crippen molar-refractivity contribution in [3.63, 3.8) is 0 Å². The Morgan fingerprint density at radius 2 is 1.69 bits per heavy atom. The molecule has 0 atom stereocenters. The van der Waals surface area contributed by atoms with Crippen LogP contribution in [0.2, 0.25) is 0 Å². The first kappa shape index (κ1) is 19.4. The number of hydrogen-bond donors (Lipinski definition) is 0. The van der Waals surface area contributed by atoms with Gasteiger partial charge in [-0.25, -0.2) is 0 Å². The zero-order chi connectivity index (χ0) is 20.6. The number of aromatic nitrogens is 4. The second kappa shape index (κ2) is 7.48. The highest BCUT2D eigenvalue weighted by Crippen LogP contribution is 2.25. The minimum atomic E-state index is -0.412. The molecule has 29 heavy (non-hydrogen) atoms. The van der Waals surface area contributed by atoms with Gasteiger partial charge in [0.1, 0.15) is 5.78 Å². The van der Waals surface area contributed by atoms with Crippen molar-refractivity contribution in [2.75, 3.05) is 5.75 Å². The summed E-state index contributed by atoms with van der Waals surface area (Å²) in [5.74, 6) is 0.917. The molecule has 2 aromatic heterocycles. The molecule has 7 heteroatoms. The molecule has 0 fully saturated rings. The van der Waals surface area contributed by atoms with Gasteiger partial charge >= 0.3 is 0 Å². The Hall–Kier alpha value is -2.93. The predicted octanol–water partition coefficient (Wildman–Crippen LogP) is 3.80. The quantitative estimate of drug-likeness (QED) is 0.472. The number of thioether (sulfide) groups is 1. The van der Waals surface area contributed by atoms with Crippen LogP contribution in [0.15, 0.2) is 64.5 Å². The van der Waals surface area contributed by atoms with Crippen LogP contribution < -0.4 is 5.56 Å². The summed E-state index contributed by atoms with van der Waals surface area (Å²) in [7, 11) is 0. The van der Waals surface area contributed by atoms with Gasteiger partial charge in [-0.05, 0) is 17.7 Å². The molecule has 0 spiro atoms. The molecule has 2 heterocycles. The van der Waals surface area contributed by atoms with Gasteiger partial charge in [0.15, 0.2) is 5.16 Å². The lowest BCUT2D eigenvalue weighted by molar-refractivity contribution is -0.123. The summed E-state index contributed by atoms with van der Waals surface area (Å²) in [6, 6.07) is 17.2. The van der Waals surface area contributed by atoms with E-state index in [-0.39, 0.29) is 11.3 Å². The SMILES string of the molecule is CC(C)(C)C(=O)CSc1nnc2n(Cc3ccccc3)c(=O)c3ccccc3n12. The van der Waals surface area contributed by atoms with Crippen molar-refractivity contribution in [3.8, 4) is 0 Å². The highest BCUT2D eigenvalue weighted by molar-refractivity contribution is 7.99. The first-order valence-corrected chi connectivity index (χ1v) is 10.4. The monoisotopic (exact) mass is 406 g/mol. The molecule has 0 saturated carbocycles. The van der Waals surface area contributed by atoms with Crippen LogP contribution in [-0.2, 0) is 11.3 Å². The second-order valence-electron chi connectivity index (χ2n) is 7.97. The van der Waals surface area contributed by atoms with E-state index >= 15 is 0 Å². The number of benzene rings is 2. The van der Waals surface area contributed by atoms with Crippen LogP contribution in [0, 0.1) is 5.41 Å². The summed E-state index contributed by atoms with van der Waals surface area (Å²) in [6.45, 7) is 6.12. The Morgan fingerprint density at radius 3 is 2.41 bits per heavy atom. The van der Waals surface area contributed by atoms with Crippen molar-refractivity contribution >= 4 is 34.2 Å². The van der Waals surface area contributed by atoms with Crippen molar-refractivity contribution in [2.24, 2.45) is 5.41 Å². The minimum absolute atomic E-state index is 0.105. The average Bonchev–Trinajstić information content (AvgIpc) is 3.13. The van der Waals surface area contributed by atoms with Gasteiger partial charge in [-0.1, -0.05) is 75.0 Å². The normalized spacial score (nSPS) is 12.0. The van der Waals surface area contributed by atoms with E-state index in [0.717, 1.165) is 11.1 Å². The summed E-state index contributed by atoms with van der Waals surface area (Å²) in [5.41, 5.74) is 1.23. The van der Waals surface area contributed by atoms with Crippen LogP contribution in [0.1, 0.15) is 26.3 Å². The molecule has 0 unspecified atom stereocenters. The number of nitrogens with zero attached hydrogens (tertiary/aromatic N) is 4. The van der Waals surface area contributed by atoms with Gasteiger partial charge in [0.05, 0.1) is 23.2 Å². The van der Waals surface area contributed by atoms with E-state index in [2.05, 4.69) is 10.2 Å². The lowest BCUT2D eigenvalue weighted by atomic mass is 9.92. The van der Waals surface area contributed by atoms with Crippen LogP contribution >= 0.6 is 11.8 Å². The molecule has 0 bridgehead atoms. The predicted molar refractivity (Wildman–Crippen MR) is 115 cm³/mol. The van der Waals surface area contributed by atoms with Crippen LogP contribution in [0.5, 0.6) is 0 Å². The number of carbonyl (C=O) groups excluding carboxylic acids is 1. The number of para-hydroxylation sites is 1. The minimum Gasteiger partial charge on any atom is -0.298 e. The summed E-state index contributed by atoms with van der Waals surface area (Å²) in [6.07, 6.45) is 0. The van der Waals surface area contributed by atoms with Crippen LogP contribution in [0.3, 0.4) is 0 Å². The third-order valence-corrected chi connectivity index (χ3v) is 5.76. The third-order valence-electron chi connectivity index (χ3n) is 4.83. The van der Waals surface area contributed by atoms with Crippen molar-refractivity contribution in [1.29, 1.82) is 0 Å². The second-order valence-corrected chi connectivity index (χ2v) is 8.92. The Bertz CT molecular complexity index is 1250. The van der Waals surface area contributed by atoms with E-state index in [9.17, 15) is 9.59 Å². The molecule has 0 radical (unpaired) electrons. The summed E-state index contributed by atoms with van der Waals surface area (Å²) < 4.78 is 3.51. The van der Waals surface area contributed by atoms with Gasteiger partial charge in [-0.15, -0.1) is 10.2 Å². The molecule has 0 aliphatic carbocycles. The van der Waals surface area contributed by atoms with E-state index in [1.165, 1.54) is 11.8 Å². The van der Waals surface area contributed by atoms with Crippen molar-refractivity contribution in [3.05, 3.63) is 70.5 Å². The summed E-state index contributed by atoms with van der Waals surface area (Å²) in [5, 5.41) is 9.82. The zero-order valence-electron chi connectivity index (χ0n) is 16.6. The van der Waals surface area contributed by atoms with Crippen LogP contribution in [-0.4, -0.2) is 30.7 Å². The third kappa shape index (κ3) is 3.70. The highest BCUT2D eigenvalue weighted by atomic mass is 32.2. The zero-order valence-corrected chi connectivity index (χ0v) is 17.4. The molecule has 0 aliphatic rings. The van der Waals surface area contributed by atoms with Crippen molar-refractivity contribution < 1.29 is 4.79 Å². The number of fused-ring (bicyclic) bond motifs is 3. The van der Waals surface area contributed by atoms with Gasteiger partial charge < -0.3 is 0 Å². The number of carbonyl (C=O) groups is 1. The Labute approximate surface area is 172 Å². The molecule has 0 N–H and O–H groups in total. The molecule has 4 rings (SSSR count). The Balaban J connectivity index is 1.86. The van der Waals surface area contributed by atoms with Gasteiger partial charge in [-0.3, -0.25) is 18.6 Å². The van der Waals surface area contributed by atoms with Crippen LogP contribution in [0.25, 0.3) is 16.7 Å².